The summed E-state index contributed by atoms with van der Waals surface area (Å²) in [6, 6.07) is 2.68. The fourth-order valence-electron chi connectivity index (χ4n) is 1.70. The van der Waals surface area contributed by atoms with Gasteiger partial charge in [0.2, 0.25) is 0 Å². The summed E-state index contributed by atoms with van der Waals surface area (Å²) in [5.41, 5.74) is 3.05. The molecule has 0 aliphatic heterocycles. The minimum atomic E-state index is -0.554. The van der Waals surface area contributed by atoms with Crippen molar-refractivity contribution in [3.63, 3.8) is 0 Å². The lowest BCUT2D eigenvalue weighted by atomic mass is 10.2. The molecular weight excluding hydrogens is 322 g/mol. The van der Waals surface area contributed by atoms with E-state index in [2.05, 4.69) is 20.9 Å². The van der Waals surface area contributed by atoms with E-state index in [1.54, 1.807) is 12.6 Å². The van der Waals surface area contributed by atoms with Crippen LogP contribution in [0.5, 0.6) is 0 Å². The molecule has 2 aromatic rings. The van der Waals surface area contributed by atoms with Gasteiger partial charge in [0.25, 0.3) is 0 Å². The van der Waals surface area contributed by atoms with Crippen molar-refractivity contribution in [1.82, 2.24) is 4.98 Å². The number of hydrogen-bond acceptors (Lipinski definition) is 3. The van der Waals surface area contributed by atoms with Gasteiger partial charge < -0.3 is 4.90 Å². The standard InChI is InChI=1S/C12H11BrF2N2S/c1-17(5-9-6-18-7-16-9)12-10(14)2-8(4-13)3-11(12)15/h2-3,6-7H,4-5H2,1H3. The van der Waals surface area contributed by atoms with Crippen molar-refractivity contribution in [3.8, 4) is 0 Å². The molecule has 1 heterocycles. The van der Waals surface area contributed by atoms with Crippen LogP contribution in [-0.2, 0) is 11.9 Å². The lowest BCUT2D eigenvalue weighted by Crippen LogP contribution is -2.19. The number of anilines is 1. The van der Waals surface area contributed by atoms with Gasteiger partial charge in [-0.05, 0) is 17.7 Å². The number of benzene rings is 1. The molecule has 6 heteroatoms. The average Bonchev–Trinajstić information content (AvgIpc) is 2.80. The average molecular weight is 333 g/mol. The molecule has 0 radical (unpaired) electrons. The first-order chi connectivity index (χ1) is 8.61. The summed E-state index contributed by atoms with van der Waals surface area (Å²) in [6.07, 6.45) is 0. The van der Waals surface area contributed by atoms with Crippen molar-refractivity contribution in [2.24, 2.45) is 0 Å². The summed E-state index contributed by atoms with van der Waals surface area (Å²) in [7, 11) is 1.65. The number of hydrogen-bond donors (Lipinski definition) is 0. The Kier molecular flexibility index (Phi) is 4.29. The van der Waals surface area contributed by atoms with Crippen molar-refractivity contribution in [3.05, 3.63) is 45.9 Å². The van der Waals surface area contributed by atoms with Gasteiger partial charge in [-0.15, -0.1) is 11.3 Å². The first-order valence-electron chi connectivity index (χ1n) is 5.24. The molecular formula is C12H11BrF2N2S. The molecule has 0 unspecified atom stereocenters. The SMILES string of the molecule is CN(Cc1cscn1)c1c(F)cc(CBr)cc1F. The molecule has 0 atom stereocenters. The van der Waals surface area contributed by atoms with E-state index in [4.69, 9.17) is 0 Å². The third kappa shape index (κ3) is 2.87. The molecule has 0 saturated heterocycles. The first-order valence-corrected chi connectivity index (χ1v) is 7.30. The Labute approximate surface area is 116 Å². The zero-order chi connectivity index (χ0) is 13.1. The molecule has 0 saturated carbocycles. The molecule has 0 aliphatic carbocycles. The van der Waals surface area contributed by atoms with Crippen LogP contribution in [0.2, 0.25) is 0 Å². The van der Waals surface area contributed by atoms with Crippen LogP contribution in [0.1, 0.15) is 11.3 Å². The Morgan fingerprint density at radius 3 is 2.50 bits per heavy atom. The summed E-state index contributed by atoms with van der Waals surface area (Å²) in [5.74, 6) is -1.11. The van der Waals surface area contributed by atoms with Gasteiger partial charge in [0.05, 0.1) is 17.7 Å². The predicted octanol–water partition coefficient (Wildman–Crippen LogP) is 3.95. The molecule has 18 heavy (non-hydrogen) atoms. The van der Waals surface area contributed by atoms with E-state index in [9.17, 15) is 8.78 Å². The lowest BCUT2D eigenvalue weighted by molar-refractivity contribution is 0.574. The van der Waals surface area contributed by atoms with Crippen molar-refractivity contribution in [2.75, 3.05) is 11.9 Å². The molecule has 0 fully saturated rings. The van der Waals surface area contributed by atoms with Crippen LogP contribution in [0.3, 0.4) is 0 Å². The van der Waals surface area contributed by atoms with E-state index in [0.29, 0.717) is 17.4 Å². The number of alkyl halides is 1. The van der Waals surface area contributed by atoms with E-state index < -0.39 is 11.6 Å². The quantitative estimate of drug-likeness (QED) is 0.788. The molecule has 2 nitrogen and oxygen atoms in total. The fraction of sp³-hybridized carbons (Fsp3) is 0.250. The second-order valence-electron chi connectivity index (χ2n) is 3.88. The number of rotatable bonds is 4. The first kappa shape index (κ1) is 13.4. The van der Waals surface area contributed by atoms with Crippen molar-refractivity contribution >= 4 is 33.0 Å². The molecule has 0 N–H and O–H groups in total. The molecule has 0 bridgehead atoms. The molecule has 0 aliphatic rings. The van der Waals surface area contributed by atoms with E-state index in [1.807, 2.05) is 5.38 Å². The molecule has 0 spiro atoms. The van der Waals surface area contributed by atoms with Crippen molar-refractivity contribution in [2.45, 2.75) is 11.9 Å². The van der Waals surface area contributed by atoms with E-state index in [-0.39, 0.29) is 5.69 Å². The van der Waals surface area contributed by atoms with E-state index in [0.717, 1.165) is 5.69 Å². The molecule has 1 aromatic carbocycles. The highest BCUT2D eigenvalue weighted by Gasteiger charge is 2.15. The van der Waals surface area contributed by atoms with Crippen molar-refractivity contribution in [1.29, 1.82) is 0 Å². The maximum atomic E-state index is 13.9. The molecule has 2 rings (SSSR count). The second kappa shape index (κ2) is 5.75. The van der Waals surface area contributed by atoms with Crippen LogP contribution in [0, 0.1) is 11.6 Å². The number of thiazole rings is 1. The monoisotopic (exact) mass is 332 g/mol. The molecule has 0 amide bonds. The molecule has 96 valence electrons. The van der Waals surface area contributed by atoms with Gasteiger partial charge in [-0.2, -0.15) is 0 Å². The zero-order valence-electron chi connectivity index (χ0n) is 9.66. The Balaban J connectivity index is 2.27. The number of nitrogens with zero attached hydrogens (tertiary/aromatic N) is 2. The Hall–Kier alpha value is -1.01. The summed E-state index contributed by atoms with van der Waals surface area (Å²) in [5, 5.41) is 2.29. The van der Waals surface area contributed by atoms with Gasteiger partial charge in [-0.25, -0.2) is 13.8 Å². The van der Waals surface area contributed by atoms with Crippen molar-refractivity contribution < 1.29 is 8.78 Å². The number of halogens is 3. The van der Waals surface area contributed by atoms with Crippen LogP contribution in [0.25, 0.3) is 0 Å². The van der Waals surface area contributed by atoms with Gasteiger partial charge >= 0.3 is 0 Å². The van der Waals surface area contributed by atoms with Crippen LogP contribution in [0.4, 0.5) is 14.5 Å². The maximum absolute atomic E-state index is 13.9. The maximum Gasteiger partial charge on any atom is 0.149 e. The number of aromatic nitrogens is 1. The van der Waals surface area contributed by atoms with Gasteiger partial charge in [0.1, 0.15) is 17.3 Å². The highest BCUT2D eigenvalue weighted by Crippen LogP contribution is 2.26. The highest BCUT2D eigenvalue weighted by atomic mass is 79.9. The lowest BCUT2D eigenvalue weighted by Gasteiger charge is -2.20. The smallest absolute Gasteiger partial charge is 0.149 e. The van der Waals surface area contributed by atoms with E-state index >= 15 is 0 Å². The van der Waals surface area contributed by atoms with E-state index in [1.165, 1.54) is 28.4 Å². The van der Waals surface area contributed by atoms with Crippen LogP contribution in [-0.4, -0.2) is 12.0 Å². The third-order valence-corrected chi connectivity index (χ3v) is 3.78. The van der Waals surface area contributed by atoms with Crippen LogP contribution in [0.15, 0.2) is 23.0 Å². The topological polar surface area (TPSA) is 16.1 Å². The summed E-state index contributed by atoms with van der Waals surface area (Å²) < 4.78 is 27.7. The minimum absolute atomic E-state index is 0.0206. The largest absolute Gasteiger partial charge is 0.364 e. The molecule has 1 aromatic heterocycles. The predicted molar refractivity (Wildman–Crippen MR) is 73.2 cm³/mol. The Morgan fingerprint density at radius 2 is 2.00 bits per heavy atom. The van der Waals surface area contributed by atoms with Gasteiger partial charge in [-0.3, -0.25) is 0 Å². The van der Waals surface area contributed by atoms with Gasteiger partial charge in [0, 0.05) is 17.8 Å². The van der Waals surface area contributed by atoms with Gasteiger partial charge in [0.15, 0.2) is 0 Å². The van der Waals surface area contributed by atoms with Crippen LogP contribution < -0.4 is 4.90 Å². The Morgan fingerprint density at radius 1 is 1.33 bits per heavy atom. The van der Waals surface area contributed by atoms with Gasteiger partial charge in [-0.1, -0.05) is 15.9 Å². The highest BCUT2D eigenvalue weighted by molar-refractivity contribution is 9.08. The summed E-state index contributed by atoms with van der Waals surface area (Å²) in [6.45, 7) is 0.380. The summed E-state index contributed by atoms with van der Waals surface area (Å²) >= 11 is 4.64. The fourth-order valence-corrected chi connectivity index (χ4v) is 2.57. The minimum Gasteiger partial charge on any atom is -0.364 e. The normalized spacial score (nSPS) is 10.7. The second-order valence-corrected chi connectivity index (χ2v) is 5.16. The Bertz CT molecular complexity index is 508. The zero-order valence-corrected chi connectivity index (χ0v) is 12.1. The third-order valence-electron chi connectivity index (χ3n) is 2.50. The summed E-state index contributed by atoms with van der Waals surface area (Å²) in [4.78, 5) is 5.62. The van der Waals surface area contributed by atoms with Crippen LogP contribution >= 0.6 is 27.3 Å².